The molecule has 0 unspecified atom stereocenters. The molecule has 1 N–H and O–H groups in total. The molecule has 0 amide bonds. The maximum atomic E-state index is 7.47. The summed E-state index contributed by atoms with van der Waals surface area (Å²) in [5.41, 5.74) is 1.44. The fraction of sp³-hybridized carbons (Fsp3) is 0.250. The number of halogens is 1. The van der Waals surface area contributed by atoms with E-state index in [0.717, 1.165) is 12.0 Å². The predicted octanol–water partition coefficient (Wildman–Crippen LogP) is 2.51. The fourth-order valence-corrected chi connectivity index (χ4v) is 0.870. The van der Waals surface area contributed by atoms with Crippen molar-refractivity contribution in [3.05, 3.63) is 29.0 Å². The van der Waals surface area contributed by atoms with Crippen LogP contribution in [0.1, 0.15) is 18.9 Å². The second kappa shape index (κ2) is 3.49. The first-order valence-electron chi connectivity index (χ1n) is 3.43. The topological polar surface area (TPSA) is 36.7 Å². The summed E-state index contributed by atoms with van der Waals surface area (Å²) in [4.78, 5) is 3.87. The first-order valence-corrected chi connectivity index (χ1v) is 3.81. The molecular formula is C8H9ClN2. The molecule has 3 heteroatoms. The summed E-state index contributed by atoms with van der Waals surface area (Å²) in [5.74, 6) is 0. The number of aromatic nitrogens is 1. The van der Waals surface area contributed by atoms with Crippen molar-refractivity contribution in [1.82, 2.24) is 4.98 Å². The zero-order chi connectivity index (χ0) is 8.27. The SMILES string of the molecule is CCC(=N)c1ccc(Cl)nc1. The van der Waals surface area contributed by atoms with Crippen LogP contribution in [0.15, 0.2) is 18.3 Å². The lowest BCUT2D eigenvalue weighted by molar-refractivity contribution is 1.22. The third-order valence-corrected chi connectivity index (χ3v) is 1.65. The lowest BCUT2D eigenvalue weighted by Gasteiger charge is -1.98. The Balaban J connectivity index is 2.90. The normalized spacial score (nSPS) is 9.64. The van der Waals surface area contributed by atoms with Gasteiger partial charge in [0.2, 0.25) is 0 Å². The van der Waals surface area contributed by atoms with Crippen LogP contribution >= 0.6 is 11.6 Å². The highest BCUT2D eigenvalue weighted by Gasteiger charge is 1.97. The van der Waals surface area contributed by atoms with E-state index in [2.05, 4.69) is 4.98 Å². The Morgan fingerprint density at radius 3 is 2.82 bits per heavy atom. The van der Waals surface area contributed by atoms with Crippen LogP contribution in [0.25, 0.3) is 0 Å². The lowest BCUT2D eigenvalue weighted by atomic mass is 10.1. The highest BCUT2D eigenvalue weighted by Crippen LogP contribution is 2.06. The molecule has 0 atom stereocenters. The highest BCUT2D eigenvalue weighted by molar-refractivity contribution is 6.29. The highest BCUT2D eigenvalue weighted by atomic mass is 35.5. The smallest absolute Gasteiger partial charge is 0.129 e. The molecule has 2 nitrogen and oxygen atoms in total. The molecular weight excluding hydrogens is 160 g/mol. The fourth-order valence-electron chi connectivity index (χ4n) is 0.758. The number of rotatable bonds is 2. The van der Waals surface area contributed by atoms with Crippen LogP contribution in [0.5, 0.6) is 0 Å². The Bertz CT molecular complexity index is 253. The second-order valence-corrected chi connectivity index (χ2v) is 2.59. The van der Waals surface area contributed by atoms with Gasteiger partial charge in [0, 0.05) is 17.5 Å². The first-order chi connectivity index (χ1) is 5.24. The Morgan fingerprint density at radius 2 is 2.36 bits per heavy atom. The molecule has 1 aromatic heterocycles. The molecule has 1 heterocycles. The quantitative estimate of drug-likeness (QED) is 0.535. The largest absolute Gasteiger partial charge is 0.305 e. The molecule has 0 bridgehead atoms. The Morgan fingerprint density at radius 1 is 1.64 bits per heavy atom. The average Bonchev–Trinajstić information content (AvgIpc) is 2.05. The van der Waals surface area contributed by atoms with E-state index in [1.165, 1.54) is 0 Å². The summed E-state index contributed by atoms with van der Waals surface area (Å²) in [7, 11) is 0. The number of pyridine rings is 1. The van der Waals surface area contributed by atoms with E-state index in [1.54, 1.807) is 18.3 Å². The minimum absolute atomic E-state index is 0.470. The van der Waals surface area contributed by atoms with E-state index in [9.17, 15) is 0 Å². The average molecular weight is 169 g/mol. The van der Waals surface area contributed by atoms with Gasteiger partial charge in [-0.1, -0.05) is 18.5 Å². The molecule has 0 aliphatic rings. The molecule has 0 saturated carbocycles. The van der Waals surface area contributed by atoms with Crippen LogP contribution in [0.4, 0.5) is 0 Å². The van der Waals surface area contributed by atoms with Gasteiger partial charge in [-0.05, 0) is 18.6 Å². The zero-order valence-corrected chi connectivity index (χ0v) is 7.02. The van der Waals surface area contributed by atoms with Crippen LogP contribution in [0.2, 0.25) is 5.15 Å². The van der Waals surface area contributed by atoms with Crippen molar-refractivity contribution in [1.29, 1.82) is 5.41 Å². The van der Waals surface area contributed by atoms with Crippen molar-refractivity contribution < 1.29 is 0 Å². The second-order valence-electron chi connectivity index (χ2n) is 2.20. The van der Waals surface area contributed by atoms with Crippen LogP contribution in [0, 0.1) is 5.41 Å². The molecule has 0 aliphatic carbocycles. The van der Waals surface area contributed by atoms with Gasteiger partial charge in [0.05, 0.1) is 0 Å². The van der Waals surface area contributed by atoms with Crippen molar-refractivity contribution in [2.24, 2.45) is 0 Å². The lowest BCUT2D eigenvalue weighted by Crippen LogP contribution is -1.96. The summed E-state index contributed by atoms with van der Waals surface area (Å²) < 4.78 is 0. The summed E-state index contributed by atoms with van der Waals surface area (Å²) in [6.45, 7) is 1.94. The molecule has 0 radical (unpaired) electrons. The van der Waals surface area contributed by atoms with Crippen molar-refractivity contribution >= 4 is 17.3 Å². The van der Waals surface area contributed by atoms with Gasteiger partial charge < -0.3 is 5.41 Å². The Hall–Kier alpha value is -0.890. The van der Waals surface area contributed by atoms with Gasteiger partial charge in [-0.25, -0.2) is 4.98 Å². The molecule has 58 valence electrons. The van der Waals surface area contributed by atoms with Gasteiger partial charge in [0.15, 0.2) is 0 Å². The summed E-state index contributed by atoms with van der Waals surface area (Å²) in [5, 5.41) is 7.94. The Kier molecular flexibility index (Phi) is 2.60. The summed E-state index contributed by atoms with van der Waals surface area (Å²) in [6.07, 6.45) is 2.34. The molecule has 0 spiro atoms. The molecule has 0 aromatic carbocycles. The standard InChI is InChI=1S/C8H9ClN2/c1-2-7(10)6-3-4-8(9)11-5-6/h3-5,10H,2H2,1H3. The van der Waals surface area contributed by atoms with Crippen molar-refractivity contribution in [2.45, 2.75) is 13.3 Å². The number of hydrogen-bond acceptors (Lipinski definition) is 2. The molecule has 0 aliphatic heterocycles. The van der Waals surface area contributed by atoms with Crippen LogP contribution in [-0.4, -0.2) is 10.7 Å². The summed E-state index contributed by atoms with van der Waals surface area (Å²) >= 11 is 5.58. The molecule has 1 rings (SSSR count). The van der Waals surface area contributed by atoms with Gasteiger partial charge >= 0.3 is 0 Å². The van der Waals surface area contributed by atoms with Crippen molar-refractivity contribution in [3.63, 3.8) is 0 Å². The van der Waals surface area contributed by atoms with Crippen LogP contribution in [-0.2, 0) is 0 Å². The minimum Gasteiger partial charge on any atom is -0.305 e. The molecule has 1 aromatic rings. The van der Waals surface area contributed by atoms with Crippen molar-refractivity contribution in [3.8, 4) is 0 Å². The number of nitrogens with zero attached hydrogens (tertiary/aromatic N) is 1. The summed E-state index contributed by atoms with van der Waals surface area (Å²) in [6, 6.07) is 3.50. The van der Waals surface area contributed by atoms with Gasteiger partial charge in [-0.2, -0.15) is 0 Å². The van der Waals surface area contributed by atoms with Gasteiger partial charge in [-0.15, -0.1) is 0 Å². The predicted molar refractivity (Wildman–Crippen MR) is 46.4 cm³/mol. The number of hydrogen-bond donors (Lipinski definition) is 1. The van der Waals surface area contributed by atoms with Gasteiger partial charge in [-0.3, -0.25) is 0 Å². The minimum atomic E-state index is 0.470. The van der Waals surface area contributed by atoms with E-state index in [-0.39, 0.29) is 0 Å². The van der Waals surface area contributed by atoms with E-state index in [4.69, 9.17) is 17.0 Å². The third kappa shape index (κ3) is 2.02. The molecule has 11 heavy (non-hydrogen) atoms. The molecule has 0 fully saturated rings. The Labute approximate surface area is 70.7 Å². The van der Waals surface area contributed by atoms with Crippen molar-refractivity contribution in [2.75, 3.05) is 0 Å². The zero-order valence-electron chi connectivity index (χ0n) is 6.26. The van der Waals surface area contributed by atoms with Crippen LogP contribution < -0.4 is 0 Å². The van der Waals surface area contributed by atoms with E-state index < -0.39 is 0 Å². The van der Waals surface area contributed by atoms with E-state index in [0.29, 0.717) is 10.9 Å². The third-order valence-electron chi connectivity index (χ3n) is 1.43. The first kappa shape index (κ1) is 8.21. The van der Waals surface area contributed by atoms with Gasteiger partial charge in [0.1, 0.15) is 5.15 Å². The molecule has 0 saturated heterocycles. The van der Waals surface area contributed by atoms with Gasteiger partial charge in [0.25, 0.3) is 0 Å². The number of nitrogens with one attached hydrogen (secondary N) is 1. The van der Waals surface area contributed by atoms with E-state index in [1.807, 2.05) is 6.92 Å². The maximum Gasteiger partial charge on any atom is 0.129 e. The van der Waals surface area contributed by atoms with E-state index >= 15 is 0 Å². The maximum absolute atomic E-state index is 7.47. The monoisotopic (exact) mass is 168 g/mol. The van der Waals surface area contributed by atoms with Crippen LogP contribution in [0.3, 0.4) is 0 Å².